The van der Waals surface area contributed by atoms with E-state index in [1.54, 1.807) is 0 Å². The van der Waals surface area contributed by atoms with Crippen LogP contribution in [0.4, 0.5) is 0 Å². The molecule has 2 saturated heterocycles. The number of benzene rings is 1. The first-order chi connectivity index (χ1) is 11.2. The Morgan fingerprint density at radius 1 is 1.00 bits per heavy atom. The van der Waals surface area contributed by atoms with Crippen LogP contribution in [0.1, 0.15) is 61.4 Å². The van der Waals surface area contributed by atoms with Gasteiger partial charge in [0.05, 0.1) is 0 Å². The van der Waals surface area contributed by atoms with Crippen molar-refractivity contribution >= 4 is 5.91 Å². The number of carbonyl (C=O) groups is 1. The molecule has 0 spiro atoms. The van der Waals surface area contributed by atoms with E-state index in [-0.39, 0.29) is 5.91 Å². The van der Waals surface area contributed by atoms with Gasteiger partial charge in [-0.2, -0.15) is 0 Å². The van der Waals surface area contributed by atoms with Crippen molar-refractivity contribution in [3.63, 3.8) is 0 Å². The molecule has 0 saturated carbocycles. The van der Waals surface area contributed by atoms with E-state index in [1.807, 2.05) is 17.0 Å². The van der Waals surface area contributed by atoms with Crippen LogP contribution in [0.25, 0.3) is 0 Å². The average Bonchev–Trinajstić information content (AvgIpc) is 2.84. The Morgan fingerprint density at radius 2 is 1.70 bits per heavy atom. The molecule has 3 nitrogen and oxygen atoms in total. The largest absolute Gasteiger partial charge is 0.339 e. The fourth-order valence-electron chi connectivity index (χ4n) is 3.90. The normalized spacial score (nSPS) is 23.5. The molecule has 2 heterocycles. The summed E-state index contributed by atoms with van der Waals surface area (Å²) in [5.74, 6) is 1.03. The Kier molecular flexibility index (Phi) is 5.71. The standard InChI is InChI=1S/C20H30N2O/c1-17-7-6-12-21(15-17)16-18-8-10-19(11-9-18)20(23)22-13-4-2-3-5-14-22/h8-11,17H,2-7,12-16H2,1H3/t17-/m1/s1. The highest BCUT2D eigenvalue weighted by atomic mass is 16.2. The molecular formula is C20H30N2O. The van der Waals surface area contributed by atoms with E-state index in [4.69, 9.17) is 0 Å². The maximum atomic E-state index is 12.6. The molecule has 1 amide bonds. The molecule has 1 aromatic rings. The van der Waals surface area contributed by atoms with Crippen LogP contribution in [0.5, 0.6) is 0 Å². The third-order valence-electron chi connectivity index (χ3n) is 5.24. The van der Waals surface area contributed by atoms with Crippen molar-refractivity contribution in [2.45, 2.75) is 52.0 Å². The zero-order valence-corrected chi connectivity index (χ0v) is 14.5. The van der Waals surface area contributed by atoms with Crippen LogP contribution in [0.2, 0.25) is 0 Å². The monoisotopic (exact) mass is 314 g/mol. The molecule has 3 rings (SSSR count). The van der Waals surface area contributed by atoms with Crippen molar-refractivity contribution in [2.75, 3.05) is 26.2 Å². The number of carbonyl (C=O) groups excluding carboxylic acids is 1. The Morgan fingerprint density at radius 3 is 2.35 bits per heavy atom. The first kappa shape index (κ1) is 16.5. The summed E-state index contributed by atoms with van der Waals surface area (Å²) in [6, 6.07) is 8.33. The predicted octanol–water partition coefficient (Wildman–Crippen LogP) is 3.93. The smallest absolute Gasteiger partial charge is 0.253 e. The van der Waals surface area contributed by atoms with E-state index in [0.717, 1.165) is 44.0 Å². The lowest BCUT2D eigenvalue weighted by atomic mass is 9.99. The van der Waals surface area contributed by atoms with E-state index in [1.165, 1.54) is 44.3 Å². The van der Waals surface area contributed by atoms with Crippen molar-refractivity contribution in [3.8, 4) is 0 Å². The Balaban J connectivity index is 1.58. The summed E-state index contributed by atoms with van der Waals surface area (Å²) in [7, 11) is 0. The minimum absolute atomic E-state index is 0.213. The lowest BCUT2D eigenvalue weighted by molar-refractivity contribution is 0.0761. The van der Waals surface area contributed by atoms with Gasteiger partial charge in [-0.05, 0) is 55.8 Å². The molecule has 0 bridgehead atoms. The summed E-state index contributed by atoms with van der Waals surface area (Å²) in [4.78, 5) is 17.2. The van der Waals surface area contributed by atoms with E-state index in [0.29, 0.717) is 0 Å². The van der Waals surface area contributed by atoms with E-state index in [2.05, 4.69) is 24.0 Å². The second-order valence-corrected chi connectivity index (χ2v) is 7.39. The van der Waals surface area contributed by atoms with Crippen LogP contribution in [0.15, 0.2) is 24.3 Å². The molecule has 2 aliphatic heterocycles. The highest BCUT2D eigenvalue weighted by Crippen LogP contribution is 2.19. The minimum Gasteiger partial charge on any atom is -0.339 e. The zero-order chi connectivity index (χ0) is 16.1. The topological polar surface area (TPSA) is 23.6 Å². The van der Waals surface area contributed by atoms with Gasteiger partial charge in [-0.3, -0.25) is 9.69 Å². The van der Waals surface area contributed by atoms with E-state index < -0.39 is 0 Å². The van der Waals surface area contributed by atoms with E-state index in [9.17, 15) is 4.79 Å². The van der Waals surface area contributed by atoms with Gasteiger partial charge in [-0.15, -0.1) is 0 Å². The van der Waals surface area contributed by atoms with Crippen molar-refractivity contribution in [3.05, 3.63) is 35.4 Å². The highest BCUT2D eigenvalue weighted by molar-refractivity contribution is 5.94. The zero-order valence-electron chi connectivity index (χ0n) is 14.5. The molecule has 1 atom stereocenters. The number of amides is 1. The molecule has 2 aliphatic rings. The molecule has 23 heavy (non-hydrogen) atoms. The second kappa shape index (κ2) is 7.96. The predicted molar refractivity (Wildman–Crippen MR) is 94.5 cm³/mol. The quantitative estimate of drug-likeness (QED) is 0.844. The Hall–Kier alpha value is -1.35. The van der Waals surface area contributed by atoms with Crippen molar-refractivity contribution in [2.24, 2.45) is 5.92 Å². The van der Waals surface area contributed by atoms with Gasteiger partial charge in [0.1, 0.15) is 0 Å². The van der Waals surface area contributed by atoms with Crippen LogP contribution in [0, 0.1) is 5.92 Å². The molecule has 0 unspecified atom stereocenters. The SMILES string of the molecule is C[C@@H]1CCCN(Cc2ccc(C(=O)N3CCCCCC3)cc2)C1. The van der Waals surface area contributed by atoms with Gasteiger partial charge >= 0.3 is 0 Å². The van der Waals surface area contributed by atoms with Gasteiger partial charge in [0.15, 0.2) is 0 Å². The average molecular weight is 314 g/mol. The van der Waals surface area contributed by atoms with Gasteiger partial charge in [0, 0.05) is 31.7 Å². The summed E-state index contributed by atoms with van der Waals surface area (Å²) in [5, 5.41) is 0. The Labute approximate surface area is 140 Å². The number of hydrogen-bond donors (Lipinski definition) is 0. The summed E-state index contributed by atoms with van der Waals surface area (Å²) in [6.45, 7) is 7.61. The number of rotatable bonds is 3. The number of hydrogen-bond acceptors (Lipinski definition) is 2. The third kappa shape index (κ3) is 4.57. The van der Waals surface area contributed by atoms with Gasteiger partial charge in [-0.1, -0.05) is 31.9 Å². The third-order valence-corrected chi connectivity index (χ3v) is 5.24. The molecule has 1 aromatic carbocycles. The van der Waals surface area contributed by atoms with Crippen LogP contribution >= 0.6 is 0 Å². The maximum absolute atomic E-state index is 12.6. The summed E-state index contributed by atoms with van der Waals surface area (Å²) < 4.78 is 0. The summed E-state index contributed by atoms with van der Waals surface area (Å²) in [5.41, 5.74) is 2.18. The maximum Gasteiger partial charge on any atom is 0.253 e. The second-order valence-electron chi connectivity index (χ2n) is 7.39. The molecule has 0 aromatic heterocycles. The van der Waals surface area contributed by atoms with Gasteiger partial charge in [0.25, 0.3) is 5.91 Å². The molecular weight excluding hydrogens is 284 g/mol. The van der Waals surface area contributed by atoms with Crippen molar-refractivity contribution in [1.29, 1.82) is 0 Å². The number of nitrogens with zero attached hydrogens (tertiary/aromatic N) is 2. The van der Waals surface area contributed by atoms with Crippen molar-refractivity contribution in [1.82, 2.24) is 9.80 Å². The molecule has 126 valence electrons. The lowest BCUT2D eigenvalue weighted by Crippen LogP contribution is -2.33. The van der Waals surface area contributed by atoms with Crippen molar-refractivity contribution < 1.29 is 4.79 Å². The van der Waals surface area contributed by atoms with Crippen LogP contribution in [-0.4, -0.2) is 41.9 Å². The van der Waals surface area contributed by atoms with Crippen LogP contribution < -0.4 is 0 Å². The first-order valence-corrected chi connectivity index (χ1v) is 9.33. The summed E-state index contributed by atoms with van der Waals surface area (Å²) in [6.07, 6.45) is 7.49. The Bertz CT molecular complexity index is 503. The molecule has 0 aliphatic carbocycles. The fourth-order valence-corrected chi connectivity index (χ4v) is 3.90. The van der Waals surface area contributed by atoms with E-state index >= 15 is 0 Å². The van der Waals surface area contributed by atoms with Crippen LogP contribution in [-0.2, 0) is 6.54 Å². The van der Waals surface area contributed by atoms with Gasteiger partial charge in [0.2, 0.25) is 0 Å². The first-order valence-electron chi connectivity index (χ1n) is 9.33. The van der Waals surface area contributed by atoms with Crippen LogP contribution in [0.3, 0.4) is 0 Å². The molecule has 3 heteroatoms. The fraction of sp³-hybridized carbons (Fsp3) is 0.650. The molecule has 0 N–H and O–H groups in total. The highest BCUT2D eigenvalue weighted by Gasteiger charge is 2.18. The molecule has 0 radical (unpaired) electrons. The number of likely N-dealkylation sites (tertiary alicyclic amines) is 2. The number of piperidine rings is 1. The lowest BCUT2D eigenvalue weighted by Gasteiger charge is -2.30. The summed E-state index contributed by atoms with van der Waals surface area (Å²) >= 11 is 0. The molecule has 2 fully saturated rings. The minimum atomic E-state index is 0.213. The van der Waals surface area contributed by atoms with Gasteiger partial charge < -0.3 is 4.90 Å². The van der Waals surface area contributed by atoms with Gasteiger partial charge in [-0.25, -0.2) is 0 Å².